The van der Waals surface area contributed by atoms with Crippen LogP contribution < -0.4 is 5.56 Å². The highest BCUT2D eigenvalue weighted by atomic mass is 16.2. The summed E-state index contributed by atoms with van der Waals surface area (Å²) in [5.41, 5.74) is 2.28. The molecule has 1 saturated heterocycles. The van der Waals surface area contributed by atoms with Gasteiger partial charge in [0.1, 0.15) is 0 Å². The Bertz CT molecular complexity index is 976. The quantitative estimate of drug-likeness (QED) is 0.718. The number of likely N-dealkylation sites (tertiary alicyclic amines) is 1. The molecule has 0 aliphatic carbocycles. The largest absolute Gasteiger partial charge is 0.338 e. The zero-order valence-electron chi connectivity index (χ0n) is 14.0. The Balaban J connectivity index is 1.53. The summed E-state index contributed by atoms with van der Waals surface area (Å²) in [7, 11) is 0. The molecule has 1 amide bonds. The molecule has 1 unspecified atom stereocenters. The van der Waals surface area contributed by atoms with E-state index in [9.17, 15) is 9.59 Å². The highest BCUT2D eigenvalue weighted by molar-refractivity contribution is 5.78. The minimum atomic E-state index is -0.112. The molecule has 0 spiro atoms. The SMILES string of the molecule is Cc1cn2nncc2c(=O)n1CC1CC(=O)N(Cc2ccccc2)C1. The molecule has 1 atom stereocenters. The van der Waals surface area contributed by atoms with Crippen LogP contribution in [-0.4, -0.2) is 36.7 Å². The Morgan fingerprint density at radius 1 is 1.20 bits per heavy atom. The first kappa shape index (κ1) is 15.6. The molecule has 3 aromatic rings. The number of hydrogen-bond acceptors (Lipinski definition) is 4. The van der Waals surface area contributed by atoms with Crippen LogP contribution in [0.3, 0.4) is 0 Å². The summed E-state index contributed by atoms with van der Waals surface area (Å²) in [6, 6.07) is 9.97. The number of fused-ring (bicyclic) bond motifs is 1. The third kappa shape index (κ3) is 2.93. The molecular weight excluding hydrogens is 318 g/mol. The van der Waals surface area contributed by atoms with Gasteiger partial charge in [-0.05, 0) is 12.5 Å². The van der Waals surface area contributed by atoms with Gasteiger partial charge in [0.05, 0.1) is 12.4 Å². The van der Waals surface area contributed by atoms with E-state index in [2.05, 4.69) is 10.3 Å². The molecule has 128 valence electrons. The summed E-state index contributed by atoms with van der Waals surface area (Å²) in [6.45, 7) is 3.70. The lowest BCUT2D eigenvalue weighted by atomic mass is 10.1. The number of carbonyl (C=O) groups is 1. The molecule has 2 aromatic heterocycles. The standard InChI is InChI=1S/C18H19N5O2/c1-13-9-23-16(8-19-20-23)18(25)22(13)12-15-7-17(24)21(11-15)10-14-5-3-2-4-6-14/h2-6,8-9,15H,7,10-12H2,1H3. The number of amides is 1. The van der Waals surface area contributed by atoms with Gasteiger partial charge in [0, 0.05) is 37.7 Å². The molecule has 1 aliphatic heterocycles. The van der Waals surface area contributed by atoms with E-state index in [1.165, 1.54) is 10.7 Å². The summed E-state index contributed by atoms with van der Waals surface area (Å²) in [5.74, 6) is 0.276. The first-order valence-electron chi connectivity index (χ1n) is 8.34. The van der Waals surface area contributed by atoms with Gasteiger partial charge in [0.25, 0.3) is 5.56 Å². The summed E-state index contributed by atoms with van der Waals surface area (Å²) < 4.78 is 3.22. The Kier molecular flexibility index (Phi) is 3.83. The van der Waals surface area contributed by atoms with Gasteiger partial charge in [0.2, 0.25) is 5.91 Å². The van der Waals surface area contributed by atoms with Crippen LogP contribution in [0.5, 0.6) is 0 Å². The fourth-order valence-corrected chi connectivity index (χ4v) is 3.46. The van der Waals surface area contributed by atoms with E-state index in [1.54, 1.807) is 10.8 Å². The zero-order chi connectivity index (χ0) is 17.4. The predicted molar refractivity (Wildman–Crippen MR) is 92.0 cm³/mol. The Morgan fingerprint density at radius 2 is 2.00 bits per heavy atom. The molecule has 25 heavy (non-hydrogen) atoms. The van der Waals surface area contributed by atoms with Crippen molar-refractivity contribution in [2.24, 2.45) is 5.92 Å². The molecule has 7 heteroatoms. The lowest BCUT2D eigenvalue weighted by Gasteiger charge is -2.18. The molecule has 0 saturated carbocycles. The van der Waals surface area contributed by atoms with Crippen molar-refractivity contribution >= 4 is 11.4 Å². The van der Waals surface area contributed by atoms with Gasteiger partial charge < -0.3 is 9.47 Å². The predicted octanol–water partition coefficient (Wildman–Crippen LogP) is 1.25. The van der Waals surface area contributed by atoms with Gasteiger partial charge in [-0.25, -0.2) is 4.52 Å². The van der Waals surface area contributed by atoms with E-state index in [4.69, 9.17) is 0 Å². The number of aromatic nitrogens is 4. The van der Waals surface area contributed by atoms with Gasteiger partial charge in [-0.15, -0.1) is 5.10 Å². The normalized spacial score (nSPS) is 17.6. The maximum Gasteiger partial charge on any atom is 0.278 e. The van der Waals surface area contributed by atoms with Crippen LogP contribution in [0.25, 0.3) is 5.52 Å². The number of benzene rings is 1. The molecule has 1 aliphatic rings. The molecule has 4 rings (SSSR count). The van der Waals surface area contributed by atoms with Gasteiger partial charge in [-0.3, -0.25) is 9.59 Å². The van der Waals surface area contributed by atoms with Crippen LogP contribution in [0, 0.1) is 12.8 Å². The average molecular weight is 337 g/mol. The van der Waals surface area contributed by atoms with E-state index in [0.717, 1.165) is 11.3 Å². The van der Waals surface area contributed by atoms with Crippen LogP contribution in [-0.2, 0) is 17.9 Å². The summed E-state index contributed by atoms with van der Waals surface area (Å²) in [6.07, 6.45) is 3.74. The summed E-state index contributed by atoms with van der Waals surface area (Å²) in [4.78, 5) is 26.8. The van der Waals surface area contributed by atoms with Crippen molar-refractivity contribution in [1.29, 1.82) is 0 Å². The first-order chi connectivity index (χ1) is 12.1. The zero-order valence-corrected chi connectivity index (χ0v) is 14.0. The highest BCUT2D eigenvalue weighted by Gasteiger charge is 2.30. The Labute approximate surface area is 144 Å². The molecule has 0 radical (unpaired) electrons. The highest BCUT2D eigenvalue weighted by Crippen LogP contribution is 2.21. The maximum absolute atomic E-state index is 12.6. The van der Waals surface area contributed by atoms with E-state index in [0.29, 0.717) is 31.6 Å². The van der Waals surface area contributed by atoms with E-state index in [-0.39, 0.29) is 17.4 Å². The number of carbonyl (C=O) groups excluding carboxylic acids is 1. The third-order valence-corrected chi connectivity index (χ3v) is 4.73. The van der Waals surface area contributed by atoms with E-state index < -0.39 is 0 Å². The topological polar surface area (TPSA) is 72.5 Å². The summed E-state index contributed by atoms with van der Waals surface area (Å²) in [5, 5.41) is 7.66. The monoisotopic (exact) mass is 337 g/mol. The third-order valence-electron chi connectivity index (χ3n) is 4.73. The molecule has 0 bridgehead atoms. The van der Waals surface area contributed by atoms with Crippen molar-refractivity contribution in [3.05, 3.63) is 64.3 Å². The number of nitrogens with zero attached hydrogens (tertiary/aromatic N) is 5. The Hall–Kier alpha value is -2.96. The van der Waals surface area contributed by atoms with Crippen LogP contribution in [0.4, 0.5) is 0 Å². The average Bonchev–Trinajstić information content (AvgIpc) is 3.19. The minimum Gasteiger partial charge on any atom is -0.338 e. The summed E-state index contributed by atoms with van der Waals surface area (Å²) >= 11 is 0. The van der Waals surface area contributed by atoms with Gasteiger partial charge >= 0.3 is 0 Å². The van der Waals surface area contributed by atoms with Crippen LogP contribution in [0.1, 0.15) is 17.7 Å². The van der Waals surface area contributed by atoms with E-state index in [1.807, 2.05) is 42.2 Å². The van der Waals surface area contributed by atoms with E-state index >= 15 is 0 Å². The van der Waals surface area contributed by atoms with Crippen molar-refractivity contribution in [2.75, 3.05) is 6.54 Å². The lowest BCUT2D eigenvalue weighted by molar-refractivity contribution is -0.128. The number of rotatable bonds is 4. The number of aryl methyl sites for hydroxylation is 1. The molecule has 1 aromatic carbocycles. The fourth-order valence-electron chi connectivity index (χ4n) is 3.46. The lowest BCUT2D eigenvalue weighted by Crippen LogP contribution is -2.29. The minimum absolute atomic E-state index is 0.112. The second-order valence-corrected chi connectivity index (χ2v) is 6.58. The molecule has 3 heterocycles. The molecule has 1 fully saturated rings. The fraction of sp³-hybridized carbons (Fsp3) is 0.333. The van der Waals surface area contributed by atoms with Crippen molar-refractivity contribution < 1.29 is 4.79 Å². The Morgan fingerprint density at radius 3 is 2.80 bits per heavy atom. The van der Waals surface area contributed by atoms with Crippen LogP contribution in [0.2, 0.25) is 0 Å². The maximum atomic E-state index is 12.6. The molecular formula is C18H19N5O2. The second kappa shape index (κ2) is 6.16. The van der Waals surface area contributed by atoms with Gasteiger partial charge in [-0.1, -0.05) is 35.5 Å². The van der Waals surface area contributed by atoms with Crippen molar-refractivity contribution in [3.8, 4) is 0 Å². The van der Waals surface area contributed by atoms with Crippen LogP contribution >= 0.6 is 0 Å². The van der Waals surface area contributed by atoms with Gasteiger partial charge in [0.15, 0.2) is 5.52 Å². The first-order valence-corrected chi connectivity index (χ1v) is 8.34. The van der Waals surface area contributed by atoms with Crippen LogP contribution in [0.15, 0.2) is 47.5 Å². The van der Waals surface area contributed by atoms with Crippen molar-refractivity contribution in [1.82, 2.24) is 24.3 Å². The number of hydrogen-bond donors (Lipinski definition) is 0. The van der Waals surface area contributed by atoms with Crippen molar-refractivity contribution in [3.63, 3.8) is 0 Å². The molecule has 7 nitrogen and oxygen atoms in total. The molecule has 0 N–H and O–H groups in total. The smallest absolute Gasteiger partial charge is 0.278 e. The second-order valence-electron chi connectivity index (χ2n) is 6.58. The van der Waals surface area contributed by atoms with Crippen molar-refractivity contribution in [2.45, 2.75) is 26.4 Å². The van der Waals surface area contributed by atoms with Gasteiger partial charge in [-0.2, -0.15) is 0 Å².